The highest BCUT2D eigenvalue weighted by molar-refractivity contribution is 9.10. The minimum Gasteiger partial charge on any atom is -0.240 e. The molecule has 0 aromatic carbocycles. The Kier molecular flexibility index (Phi) is 3.38. The number of aromatic nitrogens is 3. The van der Waals surface area contributed by atoms with E-state index in [9.17, 15) is 0 Å². The van der Waals surface area contributed by atoms with Gasteiger partial charge in [0, 0.05) is 17.3 Å². The maximum Gasteiger partial charge on any atom is 0.156 e. The summed E-state index contributed by atoms with van der Waals surface area (Å²) in [5, 5.41) is 2.95. The first kappa shape index (κ1) is 11.0. The van der Waals surface area contributed by atoms with Crippen LogP contribution >= 0.6 is 39.0 Å². The molecule has 0 saturated heterocycles. The fourth-order valence-electron chi connectivity index (χ4n) is 0.968. The molecule has 15 heavy (non-hydrogen) atoms. The molecule has 0 radical (unpaired) electrons. The van der Waals surface area contributed by atoms with E-state index in [0.29, 0.717) is 0 Å². The van der Waals surface area contributed by atoms with E-state index in [4.69, 9.17) is 0 Å². The van der Waals surface area contributed by atoms with E-state index in [1.807, 2.05) is 19.2 Å². The molecule has 0 aliphatic rings. The average Bonchev–Trinajstić information content (AvgIpc) is 2.58. The van der Waals surface area contributed by atoms with Crippen molar-refractivity contribution in [1.29, 1.82) is 0 Å². The second-order valence-electron chi connectivity index (χ2n) is 2.93. The number of thiazole rings is 1. The van der Waals surface area contributed by atoms with Gasteiger partial charge in [-0.25, -0.2) is 15.0 Å². The molecule has 2 aromatic rings. The zero-order chi connectivity index (χ0) is 10.8. The van der Waals surface area contributed by atoms with E-state index >= 15 is 0 Å². The van der Waals surface area contributed by atoms with Crippen LogP contribution < -0.4 is 0 Å². The Balaban J connectivity index is 2.27. The summed E-state index contributed by atoms with van der Waals surface area (Å²) in [5.74, 6) is 0.772. The number of hydrogen-bond acceptors (Lipinski definition) is 5. The van der Waals surface area contributed by atoms with E-state index in [0.717, 1.165) is 25.4 Å². The van der Waals surface area contributed by atoms with Crippen LogP contribution in [0.3, 0.4) is 0 Å². The molecule has 78 valence electrons. The first-order valence-corrected chi connectivity index (χ1v) is 6.73. The van der Waals surface area contributed by atoms with Crippen LogP contribution in [-0.4, -0.2) is 15.0 Å². The molecule has 0 N–H and O–H groups in total. The molecule has 0 fully saturated rings. The van der Waals surface area contributed by atoms with Crippen LogP contribution in [0.15, 0.2) is 25.4 Å². The topological polar surface area (TPSA) is 38.7 Å². The number of aryl methyl sites for hydroxylation is 2. The summed E-state index contributed by atoms with van der Waals surface area (Å²) in [6.45, 7) is 3.87. The molecular formula is C9H8BrN3S2. The Morgan fingerprint density at radius 2 is 2.13 bits per heavy atom. The van der Waals surface area contributed by atoms with Crippen LogP contribution in [0.4, 0.5) is 0 Å². The van der Waals surface area contributed by atoms with Crippen LogP contribution in [0, 0.1) is 13.8 Å². The van der Waals surface area contributed by atoms with Crippen molar-refractivity contribution in [2.45, 2.75) is 23.2 Å². The second kappa shape index (κ2) is 4.59. The summed E-state index contributed by atoms with van der Waals surface area (Å²) in [6.07, 6.45) is 1.77. The molecule has 0 aliphatic carbocycles. The summed E-state index contributed by atoms with van der Waals surface area (Å²) < 4.78 is 1.91. The predicted octanol–water partition coefficient (Wildman–Crippen LogP) is 3.46. The van der Waals surface area contributed by atoms with Gasteiger partial charge in [0.2, 0.25) is 0 Å². The van der Waals surface area contributed by atoms with Crippen molar-refractivity contribution in [3.05, 3.63) is 27.6 Å². The van der Waals surface area contributed by atoms with Gasteiger partial charge in [0.05, 0.1) is 4.47 Å². The van der Waals surface area contributed by atoms with Crippen LogP contribution in [0.2, 0.25) is 0 Å². The lowest BCUT2D eigenvalue weighted by Gasteiger charge is -2.00. The summed E-state index contributed by atoms with van der Waals surface area (Å²) in [5.41, 5.74) is 1.05. The first-order chi connectivity index (χ1) is 7.15. The molecule has 6 heteroatoms. The molecule has 2 rings (SSSR count). The van der Waals surface area contributed by atoms with Crippen LogP contribution in [-0.2, 0) is 0 Å². The molecule has 0 amide bonds. The van der Waals surface area contributed by atoms with Gasteiger partial charge in [-0.1, -0.05) is 0 Å². The lowest BCUT2D eigenvalue weighted by atomic mass is 10.6. The van der Waals surface area contributed by atoms with Crippen molar-refractivity contribution < 1.29 is 0 Å². The van der Waals surface area contributed by atoms with Crippen molar-refractivity contribution in [3.63, 3.8) is 0 Å². The molecule has 0 bridgehead atoms. The van der Waals surface area contributed by atoms with Gasteiger partial charge in [-0.15, -0.1) is 11.3 Å². The van der Waals surface area contributed by atoms with E-state index in [2.05, 4.69) is 30.9 Å². The largest absolute Gasteiger partial charge is 0.240 e. The lowest BCUT2D eigenvalue weighted by Crippen LogP contribution is -1.89. The standard InChI is InChI=1S/C9H8BrN3S2/c1-5-4-14-9(12-5)15-8-7(10)3-11-6(2)13-8/h3-4H,1-2H3. The highest BCUT2D eigenvalue weighted by atomic mass is 79.9. The number of halogens is 1. The summed E-state index contributed by atoms with van der Waals surface area (Å²) in [4.78, 5) is 12.8. The van der Waals surface area contributed by atoms with Crippen molar-refractivity contribution in [2.24, 2.45) is 0 Å². The third kappa shape index (κ3) is 2.76. The van der Waals surface area contributed by atoms with Crippen molar-refractivity contribution >= 4 is 39.0 Å². The minimum absolute atomic E-state index is 0.772. The van der Waals surface area contributed by atoms with Gasteiger partial charge in [-0.3, -0.25) is 0 Å². The fourth-order valence-corrected chi connectivity index (χ4v) is 3.18. The molecule has 0 spiro atoms. The third-order valence-corrected chi connectivity index (χ3v) is 4.52. The molecule has 3 nitrogen and oxygen atoms in total. The van der Waals surface area contributed by atoms with Crippen molar-refractivity contribution in [1.82, 2.24) is 15.0 Å². The average molecular weight is 302 g/mol. The van der Waals surface area contributed by atoms with Crippen LogP contribution in [0.25, 0.3) is 0 Å². The van der Waals surface area contributed by atoms with Crippen LogP contribution in [0.5, 0.6) is 0 Å². The van der Waals surface area contributed by atoms with Gasteiger partial charge >= 0.3 is 0 Å². The minimum atomic E-state index is 0.772. The van der Waals surface area contributed by atoms with Gasteiger partial charge in [-0.2, -0.15) is 0 Å². The zero-order valence-electron chi connectivity index (χ0n) is 8.19. The van der Waals surface area contributed by atoms with Crippen molar-refractivity contribution in [3.8, 4) is 0 Å². The molecule has 2 aromatic heterocycles. The van der Waals surface area contributed by atoms with E-state index in [1.165, 1.54) is 0 Å². The summed E-state index contributed by atoms with van der Waals surface area (Å²) in [7, 11) is 0. The van der Waals surface area contributed by atoms with Gasteiger partial charge in [0.1, 0.15) is 10.9 Å². The molecule has 0 aliphatic heterocycles. The Morgan fingerprint density at radius 1 is 1.33 bits per heavy atom. The summed E-state index contributed by atoms with van der Waals surface area (Å²) >= 11 is 6.61. The quantitative estimate of drug-likeness (QED) is 0.796. The van der Waals surface area contributed by atoms with Crippen molar-refractivity contribution in [2.75, 3.05) is 0 Å². The molecule has 0 atom stereocenters. The van der Waals surface area contributed by atoms with E-state index < -0.39 is 0 Å². The van der Waals surface area contributed by atoms with E-state index in [1.54, 1.807) is 29.3 Å². The molecule has 0 saturated carbocycles. The number of rotatable bonds is 2. The van der Waals surface area contributed by atoms with Crippen LogP contribution in [0.1, 0.15) is 11.5 Å². The highest BCUT2D eigenvalue weighted by Crippen LogP contribution is 2.33. The van der Waals surface area contributed by atoms with Gasteiger partial charge in [0.15, 0.2) is 4.34 Å². The Morgan fingerprint density at radius 3 is 2.80 bits per heavy atom. The molecule has 0 unspecified atom stereocenters. The fraction of sp³-hybridized carbons (Fsp3) is 0.222. The zero-order valence-corrected chi connectivity index (χ0v) is 11.4. The Labute approximate surface area is 105 Å². The lowest BCUT2D eigenvalue weighted by molar-refractivity contribution is 0.950. The molecular weight excluding hydrogens is 294 g/mol. The smallest absolute Gasteiger partial charge is 0.156 e. The maximum absolute atomic E-state index is 4.38. The first-order valence-electron chi connectivity index (χ1n) is 4.24. The summed E-state index contributed by atoms with van der Waals surface area (Å²) in [6, 6.07) is 0. The predicted molar refractivity (Wildman–Crippen MR) is 65.4 cm³/mol. The van der Waals surface area contributed by atoms with Gasteiger partial charge in [0.25, 0.3) is 0 Å². The monoisotopic (exact) mass is 301 g/mol. The Bertz CT molecular complexity index is 484. The maximum atomic E-state index is 4.38. The number of hydrogen-bond donors (Lipinski definition) is 0. The number of nitrogens with zero attached hydrogens (tertiary/aromatic N) is 3. The van der Waals surface area contributed by atoms with E-state index in [-0.39, 0.29) is 0 Å². The Hall–Kier alpha value is -0.460. The molecule has 2 heterocycles. The van der Waals surface area contributed by atoms with Gasteiger partial charge < -0.3 is 0 Å². The second-order valence-corrected chi connectivity index (χ2v) is 5.88. The third-order valence-electron chi connectivity index (χ3n) is 1.61. The normalized spacial score (nSPS) is 10.6. The van der Waals surface area contributed by atoms with Gasteiger partial charge in [-0.05, 0) is 41.5 Å². The SMILES string of the molecule is Cc1csc(Sc2nc(C)ncc2Br)n1. The highest BCUT2D eigenvalue weighted by Gasteiger charge is 2.07.